The molecule has 1 aliphatic rings. The number of ether oxygens (including phenoxy) is 2. The Kier molecular flexibility index (Phi) is 6.70. The predicted octanol–water partition coefficient (Wildman–Crippen LogP) is 3.70. The highest BCUT2D eigenvalue weighted by molar-refractivity contribution is 6.31. The molecule has 1 unspecified atom stereocenters. The van der Waals surface area contributed by atoms with Gasteiger partial charge in [0.05, 0.1) is 23.2 Å². The molecule has 0 radical (unpaired) electrons. The highest BCUT2D eigenvalue weighted by atomic mass is 35.5. The fourth-order valence-electron chi connectivity index (χ4n) is 3.02. The summed E-state index contributed by atoms with van der Waals surface area (Å²) in [5, 5.41) is 3.51. The van der Waals surface area contributed by atoms with Crippen molar-refractivity contribution in [1.82, 2.24) is 5.32 Å². The second-order valence-corrected chi connectivity index (χ2v) is 6.80. The molecule has 142 valence electrons. The molecule has 0 saturated carbocycles. The minimum Gasteiger partial charge on any atom is -0.460 e. The van der Waals surface area contributed by atoms with Crippen LogP contribution >= 0.6 is 11.6 Å². The lowest BCUT2D eigenvalue weighted by atomic mass is 9.80. The molecule has 5 nitrogen and oxygen atoms in total. The van der Waals surface area contributed by atoms with Crippen molar-refractivity contribution in [3.05, 3.63) is 57.4 Å². The summed E-state index contributed by atoms with van der Waals surface area (Å²) >= 11 is 6.40. The van der Waals surface area contributed by atoms with Crippen LogP contribution in [0.4, 0.5) is 0 Å². The standard InChI is InChI=1S/C21H22ClNO4/c1-6-11-26-20(24)17-13(4)23-14(5)18(21(25)27-12(2)3)19(17)15-9-7-8-10-16(15)22/h1,7-10,12,19,23H,11H2,2-5H3. The van der Waals surface area contributed by atoms with Gasteiger partial charge in [0, 0.05) is 16.4 Å². The first kappa shape index (κ1) is 20.6. The van der Waals surface area contributed by atoms with Crippen LogP contribution in [0, 0.1) is 12.3 Å². The van der Waals surface area contributed by atoms with E-state index in [4.69, 9.17) is 27.5 Å². The average Bonchev–Trinajstić information content (AvgIpc) is 2.58. The van der Waals surface area contributed by atoms with Crippen molar-refractivity contribution in [2.24, 2.45) is 0 Å². The molecule has 0 aromatic heterocycles. The maximum absolute atomic E-state index is 12.8. The van der Waals surface area contributed by atoms with Gasteiger partial charge in [-0.1, -0.05) is 35.7 Å². The Morgan fingerprint density at radius 2 is 1.78 bits per heavy atom. The van der Waals surface area contributed by atoms with Gasteiger partial charge in [0.15, 0.2) is 6.61 Å². The second-order valence-electron chi connectivity index (χ2n) is 6.39. The summed E-state index contributed by atoms with van der Waals surface area (Å²) in [6.07, 6.45) is 4.89. The number of allylic oxidation sites excluding steroid dienone is 2. The number of nitrogens with one attached hydrogen (secondary N) is 1. The number of hydrogen-bond acceptors (Lipinski definition) is 5. The molecule has 1 heterocycles. The molecule has 1 N–H and O–H groups in total. The third kappa shape index (κ3) is 4.53. The van der Waals surface area contributed by atoms with E-state index in [0.29, 0.717) is 27.6 Å². The summed E-state index contributed by atoms with van der Waals surface area (Å²) in [5.41, 5.74) is 2.37. The van der Waals surface area contributed by atoms with Crippen LogP contribution in [0.5, 0.6) is 0 Å². The van der Waals surface area contributed by atoms with E-state index in [1.807, 2.05) is 0 Å². The molecule has 1 aliphatic heterocycles. The number of hydrogen-bond donors (Lipinski definition) is 1. The Bertz CT molecular complexity index is 861. The molecule has 6 heteroatoms. The summed E-state index contributed by atoms with van der Waals surface area (Å²) in [4.78, 5) is 25.6. The molecule has 2 rings (SSSR count). The molecule has 0 amide bonds. The molecule has 0 saturated heterocycles. The number of halogens is 1. The molecule has 0 fully saturated rings. The number of carbonyl (C=O) groups is 2. The normalized spacial score (nSPS) is 16.7. The Morgan fingerprint density at radius 1 is 1.19 bits per heavy atom. The van der Waals surface area contributed by atoms with Gasteiger partial charge in [-0.15, -0.1) is 6.42 Å². The van der Waals surface area contributed by atoms with Crippen molar-refractivity contribution in [2.75, 3.05) is 6.61 Å². The first-order valence-electron chi connectivity index (χ1n) is 8.52. The Hall–Kier alpha value is -2.71. The highest BCUT2D eigenvalue weighted by Gasteiger charge is 2.39. The first-order valence-corrected chi connectivity index (χ1v) is 8.90. The van der Waals surface area contributed by atoms with Crippen LogP contribution in [0.3, 0.4) is 0 Å². The maximum Gasteiger partial charge on any atom is 0.337 e. The number of terminal acetylenes is 1. The zero-order chi connectivity index (χ0) is 20.1. The van der Waals surface area contributed by atoms with E-state index in [0.717, 1.165) is 0 Å². The van der Waals surface area contributed by atoms with Crippen molar-refractivity contribution in [1.29, 1.82) is 0 Å². The van der Waals surface area contributed by atoms with Crippen molar-refractivity contribution in [2.45, 2.75) is 39.7 Å². The summed E-state index contributed by atoms with van der Waals surface area (Å²) in [5.74, 6) is 0.421. The van der Waals surface area contributed by atoms with Crippen molar-refractivity contribution >= 4 is 23.5 Å². The van der Waals surface area contributed by atoms with Gasteiger partial charge in [-0.3, -0.25) is 0 Å². The Labute approximate surface area is 164 Å². The fourth-order valence-corrected chi connectivity index (χ4v) is 3.26. The number of carbonyl (C=O) groups excluding carboxylic acids is 2. The predicted molar refractivity (Wildman–Crippen MR) is 104 cm³/mol. The van der Waals surface area contributed by atoms with Gasteiger partial charge in [0.1, 0.15) is 0 Å². The largest absolute Gasteiger partial charge is 0.460 e. The lowest BCUT2D eigenvalue weighted by molar-refractivity contribution is -0.143. The Morgan fingerprint density at radius 3 is 2.33 bits per heavy atom. The van der Waals surface area contributed by atoms with E-state index in [1.54, 1.807) is 52.0 Å². The number of rotatable bonds is 5. The van der Waals surface area contributed by atoms with Gasteiger partial charge in [0.25, 0.3) is 0 Å². The van der Waals surface area contributed by atoms with Crippen LogP contribution in [0.1, 0.15) is 39.2 Å². The lowest BCUT2D eigenvalue weighted by Gasteiger charge is -2.31. The van der Waals surface area contributed by atoms with Crippen molar-refractivity contribution in [3.63, 3.8) is 0 Å². The first-order chi connectivity index (χ1) is 12.8. The highest BCUT2D eigenvalue weighted by Crippen LogP contribution is 2.41. The molecular weight excluding hydrogens is 366 g/mol. The minimum absolute atomic E-state index is 0.167. The van der Waals surface area contributed by atoms with Crippen LogP contribution in [0.25, 0.3) is 0 Å². The van der Waals surface area contributed by atoms with Gasteiger partial charge in [-0.25, -0.2) is 9.59 Å². The molecule has 1 aromatic rings. The summed E-state index contributed by atoms with van der Waals surface area (Å²) < 4.78 is 10.6. The molecule has 1 atom stereocenters. The van der Waals surface area contributed by atoms with Gasteiger partial charge >= 0.3 is 11.9 Å². The Balaban J connectivity index is 2.64. The molecule has 0 spiro atoms. The van der Waals surface area contributed by atoms with Crippen LogP contribution in [-0.4, -0.2) is 24.6 Å². The monoisotopic (exact) mass is 387 g/mol. The summed E-state index contributed by atoms with van der Waals surface area (Å²) in [6, 6.07) is 7.06. The summed E-state index contributed by atoms with van der Waals surface area (Å²) in [6.45, 7) is 6.85. The van der Waals surface area contributed by atoms with Crippen LogP contribution in [0.2, 0.25) is 5.02 Å². The van der Waals surface area contributed by atoms with Crippen molar-refractivity contribution < 1.29 is 19.1 Å². The number of esters is 2. The second kappa shape index (κ2) is 8.79. The maximum atomic E-state index is 12.8. The van der Waals surface area contributed by atoms with Gasteiger partial charge in [-0.2, -0.15) is 0 Å². The number of dihydropyridines is 1. The molecule has 27 heavy (non-hydrogen) atoms. The molecule has 0 bridgehead atoms. The third-order valence-electron chi connectivity index (χ3n) is 4.05. The average molecular weight is 388 g/mol. The van der Waals surface area contributed by atoms with E-state index in [9.17, 15) is 9.59 Å². The van der Waals surface area contributed by atoms with Gasteiger partial charge < -0.3 is 14.8 Å². The van der Waals surface area contributed by atoms with Crippen molar-refractivity contribution in [3.8, 4) is 12.3 Å². The van der Waals surface area contributed by atoms with Crippen LogP contribution < -0.4 is 5.32 Å². The molecular formula is C21H22ClNO4. The summed E-state index contributed by atoms with van der Waals surface area (Å²) in [7, 11) is 0. The van der Waals surface area contributed by atoms with E-state index < -0.39 is 17.9 Å². The lowest BCUT2D eigenvalue weighted by Crippen LogP contribution is -2.33. The zero-order valence-electron chi connectivity index (χ0n) is 15.8. The minimum atomic E-state index is -0.725. The third-order valence-corrected chi connectivity index (χ3v) is 4.39. The van der Waals surface area contributed by atoms with E-state index in [-0.39, 0.29) is 18.3 Å². The topological polar surface area (TPSA) is 64.6 Å². The van der Waals surface area contributed by atoms with E-state index in [2.05, 4.69) is 11.2 Å². The SMILES string of the molecule is C#CCOC(=O)C1=C(C)NC(C)=C(C(=O)OC(C)C)C1c1ccccc1Cl. The van der Waals surface area contributed by atoms with Crippen LogP contribution in [0.15, 0.2) is 46.8 Å². The van der Waals surface area contributed by atoms with Crippen LogP contribution in [-0.2, 0) is 19.1 Å². The molecule has 1 aromatic carbocycles. The zero-order valence-corrected chi connectivity index (χ0v) is 16.5. The van der Waals surface area contributed by atoms with E-state index in [1.165, 1.54) is 0 Å². The molecule has 0 aliphatic carbocycles. The van der Waals surface area contributed by atoms with E-state index >= 15 is 0 Å². The quantitative estimate of drug-likeness (QED) is 0.616. The van der Waals surface area contributed by atoms with Gasteiger partial charge in [0.2, 0.25) is 0 Å². The number of benzene rings is 1. The van der Waals surface area contributed by atoms with Gasteiger partial charge in [-0.05, 0) is 39.3 Å². The fraction of sp³-hybridized carbons (Fsp3) is 0.333. The smallest absolute Gasteiger partial charge is 0.337 e.